The first-order chi connectivity index (χ1) is 6.04. The van der Waals surface area contributed by atoms with Gasteiger partial charge < -0.3 is 10.1 Å². The van der Waals surface area contributed by atoms with E-state index < -0.39 is 0 Å². The molecule has 0 aliphatic rings. The molecule has 0 aliphatic carbocycles. The molecule has 0 aromatic carbocycles. The largest absolute Gasteiger partial charge is 0.383 e. The van der Waals surface area contributed by atoms with E-state index in [2.05, 4.69) is 12.2 Å². The molecule has 0 fully saturated rings. The summed E-state index contributed by atoms with van der Waals surface area (Å²) in [5.41, 5.74) is -0.248. The average molecular weight is 187 g/mol. The highest BCUT2D eigenvalue weighted by Gasteiger charge is 2.25. The lowest BCUT2D eigenvalue weighted by molar-refractivity contribution is -0.129. The van der Waals surface area contributed by atoms with Crippen molar-refractivity contribution in [2.75, 3.05) is 20.3 Å². The number of rotatable bonds is 6. The minimum absolute atomic E-state index is 0.117. The van der Waals surface area contributed by atoms with Crippen LogP contribution in [0.3, 0.4) is 0 Å². The van der Waals surface area contributed by atoms with Gasteiger partial charge in [-0.1, -0.05) is 27.2 Å². The second-order valence-corrected chi connectivity index (χ2v) is 3.88. The number of carbonyl (C=O) groups excluding carboxylic acids is 1. The summed E-state index contributed by atoms with van der Waals surface area (Å²) in [6.45, 7) is 7.21. The minimum Gasteiger partial charge on any atom is -0.383 e. The summed E-state index contributed by atoms with van der Waals surface area (Å²) in [5.74, 6) is 0.117. The minimum atomic E-state index is -0.248. The third kappa shape index (κ3) is 4.88. The first-order valence-corrected chi connectivity index (χ1v) is 4.82. The standard InChI is InChI=1S/C10H21NO2/c1-5-6-10(2,3)9(12)11-7-8-13-4/h5-8H2,1-4H3,(H,11,12). The lowest BCUT2D eigenvalue weighted by Gasteiger charge is -2.22. The van der Waals surface area contributed by atoms with E-state index in [-0.39, 0.29) is 11.3 Å². The topological polar surface area (TPSA) is 38.3 Å². The Bertz CT molecular complexity index is 155. The molecule has 3 nitrogen and oxygen atoms in total. The smallest absolute Gasteiger partial charge is 0.225 e. The molecule has 0 aromatic heterocycles. The Morgan fingerprint density at radius 3 is 2.54 bits per heavy atom. The normalized spacial score (nSPS) is 11.4. The van der Waals surface area contributed by atoms with Crippen LogP contribution in [-0.2, 0) is 9.53 Å². The number of carbonyl (C=O) groups is 1. The molecule has 0 unspecified atom stereocenters. The Labute approximate surface area is 80.8 Å². The molecule has 0 heterocycles. The van der Waals surface area contributed by atoms with Gasteiger partial charge in [0.15, 0.2) is 0 Å². The quantitative estimate of drug-likeness (QED) is 0.641. The molecular formula is C10H21NO2. The second kappa shape index (κ2) is 5.97. The van der Waals surface area contributed by atoms with E-state index >= 15 is 0 Å². The third-order valence-corrected chi connectivity index (χ3v) is 2.08. The Morgan fingerprint density at radius 1 is 1.46 bits per heavy atom. The zero-order valence-corrected chi connectivity index (χ0v) is 9.14. The average Bonchev–Trinajstić information content (AvgIpc) is 2.04. The van der Waals surface area contributed by atoms with Crippen LogP contribution in [0.15, 0.2) is 0 Å². The van der Waals surface area contributed by atoms with Crippen molar-refractivity contribution in [1.29, 1.82) is 0 Å². The lowest BCUT2D eigenvalue weighted by atomic mass is 9.87. The molecule has 3 heteroatoms. The summed E-state index contributed by atoms with van der Waals surface area (Å²) in [6, 6.07) is 0. The molecular weight excluding hydrogens is 166 g/mol. The van der Waals surface area contributed by atoms with Gasteiger partial charge in [-0.05, 0) is 6.42 Å². The van der Waals surface area contributed by atoms with Crippen LogP contribution in [0.25, 0.3) is 0 Å². The van der Waals surface area contributed by atoms with Crippen LogP contribution >= 0.6 is 0 Å². The van der Waals surface area contributed by atoms with Crippen molar-refractivity contribution in [3.63, 3.8) is 0 Å². The highest BCUT2D eigenvalue weighted by atomic mass is 16.5. The van der Waals surface area contributed by atoms with E-state index in [1.165, 1.54) is 0 Å². The molecule has 0 rings (SSSR count). The highest BCUT2D eigenvalue weighted by molar-refractivity contribution is 5.81. The van der Waals surface area contributed by atoms with E-state index in [1.54, 1.807) is 7.11 Å². The Morgan fingerprint density at radius 2 is 2.08 bits per heavy atom. The van der Waals surface area contributed by atoms with E-state index in [9.17, 15) is 4.79 Å². The summed E-state index contributed by atoms with van der Waals surface area (Å²) in [7, 11) is 1.63. The second-order valence-electron chi connectivity index (χ2n) is 3.88. The summed E-state index contributed by atoms with van der Waals surface area (Å²) in [4.78, 5) is 11.6. The number of amides is 1. The van der Waals surface area contributed by atoms with Gasteiger partial charge in [0.2, 0.25) is 5.91 Å². The molecule has 0 radical (unpaired) electrons. The van der Waals surface area contributed by atoms with Gasteiger partial charge in [-0.15, -0.1) is 0 Å². The zero-order valence-electron chi connectivity index (χ0n) is 9.14. The van der Waals surface area contributed by atoms with E-state index in [0.29, 0.717) is 13.2 Å². The Hall–Kier alpha value is -0.570. The van der Waals surface area contributed by atoms with Crippen LogP contribution in [0.1, 0.15) is 33.6 Å². The van der Waals surface area contributed by atoms with Gasteiger partial charge in [-0.3, -0.25) is 4.79 Å². The monoisotopic (exact) mass is 187 g/mol. The van der Waals surface area contributed by atoms with Crippen LogP contribution in [0.5, 0.6) is 0 Å². The van der Waals surface area contributed by atoms with Crippen molar-refractivity contribution in [3.05, 3.63) is 0 Å². The molecule has 0 aliphatic heterocycles. The number of nitrogens with one attached hydrogen (secondary N) is 1. The van der Waals surface area contributed by atoms with Gasteiger partial charge in [0.1, 0.15) is 0 Å². The van der Waals surface area contributed by atoms with Gasteiger partial charge in [0.25, 0.3) is 0 Å². The van der Waals surface area contributed by atoms with E-state index in [1.807, 2.05) is 13.8 Å². The SMILES string of the molecule is CCCC(C)(C)C(=O)NCCOC. The van der Waals surface area contributed by atoms with Crippen molar-refractivity contribution in [1.82, 2.24) is 5.32 Å². The van der Waals surface area contributed by atoms with Crippen molar-refractivity contribution in [3.8, 4) is 0 Å². The molecule has 1 N–H and O–H groups in total. The Kier molecular flexibility index (Phi) is 5.71. The molecule has 0 aromatic rings. The molecule has 0 saturated heterocycles. The van der Waals surface area contributed by atoms with Crippen molar-refractivity contribution in [2.45, 2.75) is 33.6 Å². The fourth-order valence-electron chi connectivity index (χ4n) is 1.24. The molecule has 0 bridgehead atoms. The van der Waals surface area contributed by atoms with Gasteiger partial charge in [-0.2, -0.15) is 0 Å². The maximum Gasteiger partial charge on any atom is 0.225 e. The van der Waals surface area contributed by atoms with Crippen LogP contribution in [-0.4, -0.2) is 26.2 Å². The molecule has 0 atom stereocenters. The van der Waals surface area contributed by atoms with Gasteiger partial charge >= 0.3 is 0 Å². The first-order valence-electron chi connectivity index (χ1n) is 4.82. The highest BCUT2D eigenvalue weighted by Crippen LogP contribution is 2.21. The number of hydrogen-bond acceptors (Lipinski definition) is 2. The summed E-state index contributed by atoms with van der Waals surface area (Å²) in [5, 5.41) is 2.84. The number of hydrogen-bond donors (Lipinski definition) is 1. The van der Waals surface area contributed by atoms with Crippen LogP contribution in [0.4, 0.5) is 0 Å². The van der Waals surface area contributed by atoms with Gasteiger partial charge in [-0.25, -0.2) is 0 Å². The molecule has 13 heavy (non-hydrogen) atoms. The predicted octanol–water partition coefficient (Wildman–Crippen LogP) is 1.58. The molecule has 0 spiro atoms. The number of ether oxygens (including phenoxy) is 1. The van der Waals surface area contributed by atoms with Crippen LogP contribution in [0.2, 0.25) is 0 Å². The van der Waals surface area contributed by atoms with Crippen LogP contribution < -0.4 is 5.32 Å². The molecule has 1 amide bonds. The summed E-state index contributed by atoms with van der Waals surface area (Å²) < 4.78 is 4.85. The van der Waals surface area contributed by atoms with Crippen molar-refractivity contribution < 1.29 is 9.53 Å². The third-order valence-electron chi connectivity index (χ3n) is 2.08. The fourth-order valence-corrected chi connectivity index (χ4v) is 1.24. The van der Waals surface area contributed by atoms with Gasteiger partial charge in [0, 0.05) is 19.1 Å². The maximum atomic E-state index is 11.6. The lowest BCUT2D eigenvalue weighted by Crippen LogP contribution is -2.38. The summed E-state index contributed by atoms with van der Waals surface area (Å²) in [6.07, 6.45) is 1.95. The number of methoxy groups -OCH3 is 1. The first kappa shape index (κ1) is 12.4. The van der Waals surface area contributed by atoms with Gasteiger partial charge in [0.05, 0.1) is 6.61 Å². The van der Waals surface area contributed by atoms with Crippen molar-refractivity contribution in [2.24, 2.45) is 5.41 Å². The summed E-state index contributed by atoms with van der Waals surface area (Å²) >= 11 is 0. The maximum absolute atomic E-state index is 11.6. The van der Waals surface area contributed by atoms with E-state index in [4.69, 9.17) is 4.74 Å². The predicted molar refractivity (Wildman–Crippen MR) is 53.6 cm³/mol. The fraction of sp³-hybridized carbons (Fsp3) is 0.900. The molecule has 78 valence electrons. The van der Waals surface area contributed by atoms with Crippen LogP contribution in [0, 0.1) is 5.41 Å². The zero-order chi connectivity index (χ0) is 10.3. The Balaban J connectivity index is 3.80. The molecule has 0 saturated carbocycles. The van der Waals surface area contributed by atoms with E-state index in [0.717, 1.165) is 12.8 Å². The van der Waals surface area contributed by atoms with Crippen molar-refractivity contribution >= 4 is 5.91 Å².